The van der Waals surface area contributed by atoms with Crippen LogP contribution in [0.3, 0.4) is 0 Å². The molecule has 4 N–H and O–H groups in total. The van der Waals surface area contributed by atoms with Crippen molar-refractivity contribution in [3.8, 4) is 11.5 Å². The predicted molar refractivity (Wildman–Crippen MR) is 141 cm³/mol. The molecule has 9 heteroatoms. The maximum atomic E-state index is 12.6. The molecule has 0 aliphatic carbocycles. The maximum absolute atomic E-state index is 12.6. The molecule has 2 heterocycles. The van der Waals surface area contributed by atoms with E-state index in [9.17, 15) is 14.7 Å². The molecular formula is C28H25N5O4. The molecule has 0 saturated carbocycles. The molecule has 3 aromatic carbocycles. The number of benzene rings is 3. The molecule has 1 aromatic heterocycles. The fourth-order valence-corrected chi connectivity index (χ4v) is 4.24. The number of hydrogen-bond acceptors (Lipinski definition) is 6. The lowest BCUT2D eigenvalue weighted by Gasteiger charge is -2.09. The number of aromatic nitrogens is 2. The summed E-state index contributed by atoms with van der Waals surface area (Å²) in [5.74, 6) is -0.661. The molecule has 1 unspecified atom stereocenters. The molecule has 1 aliphatic rings. The van der Waals surface area contributed by atoms with E-state index in [1.807, 2.05) is 49.4 Å². The largest absolute Gasteiger partial charge is 0.504 e. The second kappa shape index (κ2) is 9.98. The Hall–Kier alpha value is -4.92. The van der Waals surface area contributed by atoms with Gasteiger partial charge in [-0.1, -0.05) is 24.3 Å². The normalized spacial score (nSPS) is 14.4. The van der Waals surface area contributed by atoms with Gasteiger partial charge in [0.15, 0.2) is 17.2 Å². The summed E-state index contributed by atoms with van der Waals surface area (Å²) in [6, 6.07) is 20.0. The van der Waals surface area contributed by atoms with Gasteiger partial charge in [-0.3, -0.25) is 19.7 Å². The summed E-state index contributed by atoms with van der Waals surface area (Å²) < 4.78 is 5.06. The Kier molecular flexibility index (Phi) is 6.42. The van der Waals surface area contributed by atoms with Gasteiger partial charge in [-0.25, -0.2) is 0 Å². The second-order valence-electron chi connectivity index (χ2n) is 8.79. The smallest absolute Gasteiger partial charge is 0.276 e. The summed E-state index contributed by atoms with van der Waals surface area (Å²) in [5.41, 5.74) is 5.94. The number of fused-ring (bicyclic) bond motifs is 1. The van der Waals surface area contributed by atoms with Crippen molar-refractivity contribution in [3.05, 3.63) is 94.8 Å². The molecule has 37 heavy (non-hydrogen) atoms. The molecule has 0 saturated heterocycles. The summed E-state index contributed by atoms with van der Waals surface area (Å²) in [6.45, 7) is 1.84. The average molecular weight is 496 g/mol. The van der Waals surface area contributed by atoms with Crippen molar-refractivity contribution < 1.29 is 19.4 Å². The number of aryl methyl sites for hydroxylation is 1. The van der Waals surface area contributed by atoms with E-state index in [4.69, 9.17) is 4.74 Å². The molecule has 1 aliphatic heterocycles. The molecule has 5 rings (SSSR count). The Balaban J connectivity index is 1.32. The molecular weight excluding hydrogens is 470 g/mol. The number of phenols is 1. The molecule has 0 spiro atoms. The van der Waals surface area contributed by atoms with Gasteiger partial charge in [-0.15, -0.1) is 0 Å². The third-order valence-electron chi connectivity index (χ3n) is 6.06. The predicted octanol–water partition coefficient (Wildman–Crippen LogP) is 4.71. The van der Waals surface area contributed by atoms with Gasteiger partial charge in [0, 0.05) is 29.3 Å². The average Bonchev–Trinajstić information content (AvgIpc) is 3.45. The third-order valence-corrected chi connectivity index (χ3v) is 6.06. The molecule has 0 fully saturated rings. The van der Waals surface area contributed by atoms with E-state index in [-0.39, 0.29) is 17.6 Å². The number of H-pyrrole nitrogens is 1. The van der Waals surface area contributed by atoms with Crippen LogP contribution in [0.2, 0.25) is 0 Å². The Morgan fingerprint density at radius 3 is 2.73 bits per heavy atom. The van der Waals surface area contributed by atoms with Gasteiger partial charge in [-0.05, 0) is 66.4 Å². The standard InChI is InChI=1S/C28H25N5O4/c1-16-10-24(33-32-16)28(36)30-20-5-3-4-17(12-20)11-18-6-8-23-21(13-18)22(27(35)31-23)15-29-19-7-9-26(37-2)25(34)14-19/h3-10,12-15,22,34H,11H2,1-2H3,(H,30,36)(H,31,35)(H,32,33). The SMILES string of the molecule is COc1ccc(N=CC2C(=O)Nc3ccc(Cc4cccc(NC(=O)c5cc(C)[nH]n5)c4)cc32)cc1O. The molecule has 0 radical (unpaired) electrons. The van der Waals surface area contributed by atoms with Crippen LogP contribution in [0.5, 0.6) is 11.5 Å². The minimum atomic E-state index is -0.554. The van der Waals surface area contributed by atoms with Crippen molar-refractivity contribution in [2.45, 2.75) is 19.3 Å². The van der Waals surface area contributed by atoms with Crippen LogP contribution in [0, 0.1) is 6.92 Å². The number of phenolic OH excluding ortho intramolecular Hbond substituents is 1. The lowest BCUT2D eigenvalue weighted by molar-refractivity contribution is -0.115. The monoisotopic (exact) mass is 495 g/mol. The van der Waals surface area contributed by atoms with Crippen molar-refractivity contribution in [1.82, 2.24) is 10.2 Å². The summed E-state index contributed by atoms with van der Waals surface area (Å²) in [5, 5.41) is 22.5. The first-order valence-electron chi connectivity index (χ1n) is 11.7. The van der Waals surface area contributed by atoms with Gasteiger partial charge in [0.05, 0.1) is 12.8 Å². The number of carbonyl (C=O) groups excluding carboxylic acids is 2. The lowest BCUT2D eigenvalue weighted by atomic mass is 9.96. The minimum absolute atomic E-state index is 0.0198. The molecule has 4 aromatic rings. The number of aromatic amines is 1. The van der Waals surface area contributed by atoms with E-state index in [2.05, 4.69) is 25.8 Å². The van der Waals surface area contributed by atoms with Crippen molar-refractivity contribution in [1.29, 1.82) is 0 Å². The number of anilines is 2. The van der Waals surface area contributed by atoms with Gasteiger partial charge in [0.1, 0.15) is 5.92 Å². The van der Waals surface area contributed by atoms with Gasteiger partial charge in [-0.2, -0.15) is 5.10 Å². The number of hydrogen-bond donors (Lipinski definition) is 4. The van der Waals surface area contributed by atoms with Crippen LogP contribution in [0.1, 0.15) is 38.8 Å². The topological polar surface area (TPSA) is 129 Å². The Bertz CT molecular complexity index is 1520. The van der Waals surface area contributed by atoms with Crippen LogP contribution in [0.25, 0.3) is 0 Å². The number of nitrogens with one attached hydrogen (secondary N) is 3. The number of aromatic hydroxyl groups is 1. The fraction of sp³-hybridized carbons (Fsp3) is 0.143. The number of nitrogens with zero attached hydrogens (tertiary/aromatic N) is 2. The highest BCUT2D eigenvalue weighted by Crippen LogP contribution is 2.34. The lowest BCUT2D eigenvalue weighted by Crippen LogP contribution is -2.12. The first-order chi connectivity index (χ1) is 17.9. The number of methoxy groups -OCH3 is 1. The third kappa shape index (κ3) is 5.20. The van der Waals surface area contributed by atoms with E-state index < -0.39 is 5.92 Å². The fourth-order valence-electron chi connectivity index (χ4n) is 4.24. The van der Waals surface area contributed by atoms with Crippen LogP contribution in [-0.2, 0) is 11.2 Å². The highest BCUT2D eigenvalue weighted by Gasteiger charge is 2.29. The Morgan fingerprint density at radius 1 is 1.14 bits per heavy atom. The molecule has 186 valence electrons. The van der Waals surface area contributed by atoms with E-state index in [1.54, 1.807) is 24.4 Å². The van der Waals surface area contributed by atoms with Gasteiger partial charge in [0.25, 0.3) is 5.91 Å². The Labute approximate surface area is 213 Å². The van der Waals surface area contributed by atoms with Crippen molar-refractivity contribution in [2.75, 3.05) is 17.7 Å². The first-order valence-corrected chi connectivity index (χ1v) is 11.7. The van der Waals surface area contributed by atoms with Crippen molar-refractivity contribution in [2.24, 2.45) is 4.99 Å². The van der Waals surface area contributed by atoms with E-state index >= 15 is 0 Å². The van der Waals surface area contributed by atoms with Gasteiger partial charge < -0.3 is 20.5 Å². The van der Waals surface area contributed by atoms with Gasteiger partial charge >= 0.3 is 0 Å². The number of amides is 2. The van der Waals surface area contributed by atoms with Crippen LogP contribution < -0.4 is 15.4 Å². The first kappa shape index (κ1) is 23.8. The summed E-state index contributed by atoms with van der Waals surface area (Å²) in [6.07, 6.45) is 2.20. The number of rotatable bonds is 7. The quantitative estimate of drug-likeness (QED) is 0.276. The number of ether oxygens (including phenoxy) is 1. The summed E-state index contributed by atoms with van der Waals surface area (Å²) in [7, 11) is 1.48. The Morgan fingerprint density at radius 2 is 1.97 bits per heavy atom. The summed E-state index contributed by atoms with van der Waals surface area (Å²) >= 11 is 0. The van der Waals surface area contributed by atoms with E-state index in [0.29, 0.717) is 29.2 Å². The van der Waals surface area contributed by atoms with Crippen molar-refractivity contribution in [3.63, 3.8) is 0 Å². The highest BCUT2D eigenvalue weighted by atomic mass is 16.5. The van der Waals surface area contributed by atoms with Crippen LogP contribution >= 0.6 is 0 Å². The number of carbonyl (C=O) groups is 2. The number of aliphatic imine (C=N–C) groups is 1. The maximum Gasteiger partial charge on any atom is 0.276 e. The zero-order valence-corrected chi connectivity index (χ0v) is 20.3. The zero-order valence-electron chi connectivity index (χ0n) is 20.3. The molecule has 9 nitrogen and oxygen atoms in total. The van der Waals surface area contributed by atoms with Crippen LogP contribution in [0.4, 0.5) is 17.1 Å². The van der Waals surface area contributed by atoms with Crippen LogP contribution in [-0.4, -0.2) is 40.4 Å². The van der Waals surface area contributed by atoms with Crippen molar-refractivity contribution >= 4 is 35.1 Å². The van der Waals surface area contributed by atoms with Crippen LogP contribution in [0.15, 0.2) is 71.7 Å². The van der Waals surface area contributed by atoms with E-state index in [0.717, 1.165) is 28.1 Å². The second-order valence-corrected chi connectivity index (χ2v) is 8.79. The van der Waals surface area contributed by atoms with E-state index in [1.165, 1.54) is 13.2 Å². The molecule has 2 amide bonds. The highest BCUT2D eigenvalue weighted by molar-refractivity contribution is 6.12. The van der Waals surface area contributed by atoms with Gasteiger partial charge in [0.2, 0.25) is 5.91 Å². The zero-order chi connectivity index (χ0) is 25.9. The molecule has 0 bridgehead atoms. The minimum Gasteiger partial charge on any atom is -0.504 e. The summed E-state index contributed by atoms with van der Waals surface area (Å²) in [4.78, 5) is 29.5. The molecule has 1 atom stereocenters.